The largest absolute Gasteiger partial charge is 0.497 e. The summed E-state index contributed by atoms with van der Waals surface area (Å²) in [4.78, 5) is 26.8. The first-order valence-corrected chi connectivity index (χ1v) is 8.55. The maximum atomic E-state index is 12.4. The number of nitrogens with zero attached hydrogens (tertiary/aromatic N) is 1. The fourth-order valence-electron chi connectivity index (χ4n) is 3.09. The van der Waals surface area contributed by atoms with E-state index in [4.69, 9.17) is 9.47 Å². The number of hydrogen-bond acceptors (Lipinski definition) is 4. The molecular weight excluding hydrogens is 322 g/mol. The number of methoxy groups -OCH3 is 2. The maximum absolute atomic E-state index is 12.4. The number of nitrogens with one attached hydrogen (secondary N) is 2. The van der Waals surface area contributed by atoms with Crippen molar-refractivity contribution in [2.75, 3.05) is 46.9 Å². The van der Waals surface area contributed by atoms with Gasteiger partial charge in [-0.1, -0.05) is 0 Å². The molecule has 0 aromatic heterocycles. The highest BCUT2D eigenvalue weighted by molar-refractivity contribution is 5.77. The average molecular weight is 350 g/mol. The molecule has 2 rings (SSSR count). The van der Waals surface area contributed by atoms with Crippen LogP contribution in [-0.4, -0.2) is 63.7 Å². The van der Waals surface area contributed by atoms with Crippen molar-refractivity contribution < 1.29 is 24.0 Å². The molecule has 0 bridgehead atoms. The van der Waals surface area contributed by atoms with E-state index in [1.165, 1.54) is 4.90 Å². The third-order valence-corrected chi connectivity index (χ3v) is 4.61. The molecule has 1 atom stereocenters. The molecule has 0 spiro atoms. The molecule has 7 nitrogen and oxygen atoms in total. The van der Waals surface area contributed by atoms with Gasteiger partial charge in [-0.15, -0.1) is 0 Å². The van der Waals surface area contributed by atoms with E-state index in [0.29, 0.717) is 19.6 Å². The van der Waals surface area contributed by atoms with Crippen LogP contribution >= 0.6 is 0 Å². The standard InChI is InChI=1S/C18H27N3O4/c1-13(16-11-15(24-3)5-6-17(16)25-4)19-18(23)12-20-7-9-21(10-8-20)14(2)22/h5-6,11,13H,7-10,12H2,1-4H3,(H,19,23)/p+1/t13-/m1/s1. The summed E-state index contributed by atoms with van der Waals surface area (Å²) in [6.07, 6.45) is 0. The predicted molar refractivity (Wildman–Crippen MR) is 93.9 cm³/mol. The van der Waals surface area contributed by atoms with Crippen molar-refractivity contribution in [1.82, 2.24) is 10.2 Å². The Balaban J connectivity index is 1.91. The van der Waals surface area contributed by atoms with Crippen LogP contribution in [0.2, 0.25) is 0 Å². The summed E-state index contributed by atoms with van der Waals surface area (Å²) in [6.45, 7) is 6.92. The molecular formula is C18H28N3O4+. The lowest BCUT2D eigenvalue weighted by molar-refractivity contribution is -0.896. The Hall–Kier alpha value is -2.28. The molecule has 0 radical (unpaired) electrons. The smallest absolute Gasteiger partial charge is 0.275 e. The van der Waals surface area contributed by atoms with Gasteiger partial charge in [-0.05, 0) is 25.1 Å². The summed E-state index contributed by atoms with van der Waals surface area (Å²) in [5, 5.41) is 3.03. The molecule has 1 aromatic carbocycles. The SMILES string of the molecule is COc1ccc(OC)c([C@@H](C)NC(=O)C[NH+]2CCN(C(C)=O)CC2)c1. The van der Waals surface area contributed by atoms with Crippen molar-refractivity contribution in [3.8, 4) is 11.5 Å². The van der Waals surface area contributed by atoms with E-state index >= 15 is 0 Å². The Bertz CT molecular complexity index is 612. The first kappa shape index (κ1) is 19.1. The van der Waals surface area contributed by atoms with Crippen LogP contribution < -0.4 is 19.7 Å². The molecule has 1 aliphatic rings. The maximum Gasteiger partial charge on any atom is 0.275 e. The summed E-state index contributed by atoms with van der Waals surface area (Å²) in [5.74, 6) is 1.53. The van der Waals surface area contributed by atoms with Gasteiger partial charge in [0.2, 0.25) is 5.91 Å². The number of hydrogen-bond donors (Lipinski definition) is 2. The average Bonchev–Trinajstić information content (AvgIpc) is 2.61. The fraction of sp³-hybridized carbons (Fsp3) is 0.556. The van der Waals surface area contributed by atoms with Crippen molar-refractivity contribution in [2.45, 2.75) is 19.9 Å². The second-order valence-electron chi connectivity index (χ2n) is 6.33. The molecule has 0 saturated carbocycles. The highest BCUT2D eigenvalue weighted by Gasteiger charge is 2.24. The number of ether oxygens (including phenoxy) is 2. The number of piperazine rings is 1. The summed E-state index contributed by atoms with van der Waals surface area (Å²) in [6, 6.07) is 5.36. The van der Waals surface area contributed by atoms with Crippen LogP contribution in [0.15, 0.2) is 18.2 Å². The summed E-state index contributed by atoms with van der Waals surface area (Å²) in [7, 11) is 3.22. The molecule has 1 fully saturated rings. The lowest BCUT2D eigenvalue weighted by Crippen LogP contribution is -3.15. The molecule has 138 valence electrons. The Morgan fingerprint density at radius 2 is 1.92 bits per heavy atom. The zero-order valence-corrected chi connectivity index (χ0v) is 15.4. The Morgan fingerprint density at radius 1 is 1.24 bits per heavy atom. The zero-order valence-electron chi connectivity index (χ0n) is 15.4. The topological polar surface area (TPSA) is 72.3 Å². The minimum atomic E-state index is -0.185. The van der Waals surface area contributed by atoms with E-state index in [-0.39, 0.29) is 17.9 Å². The number of amides is 2. The van der Waals surface area contributed by atoms with Gasteiger partial charge in [0.1, 0.15) is 11.5 Å². The first-order chi connectivity index (χ1) is 11.9. The van der Waals surface area contributed by atoms with Crippen LogP contribution in [-0.2, 0) is 9.59 Å². The molecule has 1 aromatic rings. The Kier molecular flexibility index (Phi) is 6.64. The molecule has 25 heavy (non-hydrogen) atoms. The van der Waals surface area contributed by atoms with E-state index in [2.05, 4.69) is 5.32 Å². The van der Waals surface area contributed by atoms with Crippen molar-refractivity contribution in [3.63, 3.8) is 0 Å². The third-order valence-electron chi connectivity index (χ3n) is 4.61. The number of rotatable bonds is 6. The van der Waals surface area contributed by atoms with Crippen LogP contribution in [0, 0.1) is 0 Å². The van der Waals surface area contributed by atoms with E-state index < -0.39 is 0 Å². The summed E-state index contributed by atoms with van der Waals surface area (Å²) in [5.41, 5.74) is 0.881. The van der Waals surface area contributed by atoms with Crippen LogP contribution in [0.4, 0.5) is 0 Å². The van der Waals surface area contributed by atoms with Gasteiger partial charge in [-0.25, -0.2) is 0 Å². The zero-order chi connectivity index (χ0) is 18.4. The molecule has 2 N–H and O–H groups in total. The second kappa shape index (κ2) is 8.71. The minimum absolute atomic E-state index is 0.0105. The van der Waals surface area contributed by atoms with E-state index in [1.54, 1.807) is 21.1 Å². The summed E-state index contributed by atoms with van der Waals surface area (Å²) >= 11 is 0. The lowest BCUT2D eigenvalue weighted by atomic mass is 10.1. The minimum Gasteiger partial charge on any atom is -0.497 e. The van der Waals surface area contributed by atoms with Gasteiger partial charge in [0.25, 0.3) is 5.91 Å². The number of carbonyl (C=O) groups is 2. The van der Waals surface area contributed by atoms with Gasteiger partial charge in [0.05, 0.1) is 46.4 Å². The second-order valence-corrected chi connectivity index (χ2v) is 6.33. The van der Waals surface area contributed by atoms with Crippen LogP contribution in [0.3, 0.4) is 0 Å². The molecule has 0 unspecified atom stereocenters. The van der Waals surface area contributed by atoms with Crippen LogP contribution in [0.25, 0.3) is 0 Å². The van der Waals surface area contributed by atoms with Crippen molar-refractivity contribution >= 4 is 11.8 Å². The van der Waals surface area contributed by atoms with Crippen molar-refractivity contribution in [2.24, 2.45) is 0 Å². The van der Waals surface area contributed by atoms with Crippen LogP contribution in [0.5, 0.6) is 11.5 Å². The fourth-order valence-corrected chi connectivity index (χ4v) is 3.09. The predicted octanol–water partition coefficient (Wildman–Crippen LogP) is -0.372. The summed E-state index contributed by atoms with van der Waals surface area (Å²) < 4.78 is 10.6. The number of carbonyl (C=O) groups excluding carboxylic acids is 2. The van der Waals surface area contributed by atoms with Gasteiger partial charge in [-0.3, -0.25) is 9.59 Å². The van der Waals surface area contributed by atoms with Gasteiger partial charge in [-0.2, -0.15) is 0 Å². The van der Waals surface area contributed by atoms with Gasteiger partial charge in [0.15, 0.2) is 6.54 Å². The molecule has 1 saturated heterocycles. The van der Waals surface area contributed by atoms with E-state index in [9.17, 15) is 9.59 Å². The molecule has 1 heterocycles. The number of benzene rings is 1. The van der Waals surface area contributed by atoms with E-state index in [1.807, 2.05) is 30.0 Å². The van der Waals surface area contributed by atoms with Crippen molar-refractivity contribution in [3.05, 3.63) is 23.8 Å². The lowest BCUT2D eigenvalue weighted by Gasteiger charge is -2.31. The van der Waals surface area contributed by atoms with Gasteiger partial charge < -0.3 is 24.6 Å². The number of quaternary nitrogens is 1. The highest BCUT2D eigenvalue weighted by atomic mass is 16.5. The van der Waals surface area contributed by atoms with E-state index in [0.717, 1.165) is 30.2 Å². The normalized spacial score (nSPS) is 16.2. The Labute approximate surface area is 148 Å². The van der Waals surface area contributed by atoms with Crippen LogP contribution in [0.1, 0.15) is 25.5 Å². The first-order valence-electron chi connectivity index (χ1n) is 8.55. The highest BCUT2D eigenvalue weighted by Crippen LogP contribution is 2.29. The monoisotopic (exact) mass is 350 g/mol. The Morgan fingerprint density at radius 3 is 2.48 bits per heavy atom. The third kappa shape index (κ3) is 5.09. The molecule has 0 aliphatic carbocycles. The molecule has 7 heteroatoms. The molecule has 2 amide bonds. The van der Waals surface area contributed by atoms with Gasteiger partial charge >= 0.3 is 0 Å². The van der Waals surface area contributed by atoms with Crippen molar-refractivity contribution in [1.29, 1.82) is 0 Å². The molecule has 1 aliphatic heterocycles. The quantitative estimate of drug-likeness (QED) is 0.734. The van der Waals surface area contributed by atoms with Gasteiger partial charge in [0, 0.05) is 12.5 Å².